The summed E-state index contributed by atoms with van der Waals surface area (Å²) in [5, 5.41) is 1.20. The molecule has 0 aliphatic rings. The molecule has 0 N–H and O–H groups in total. The first-order chi connectivity index (χ1) is 4.70. The monoisotopic (exact) mass is 159 g/mol. The molecule has 1 nitrogen and oxygen atoms in total. The van der Waals surface area contributed by atoms with Gasteiger partial charge >= 0.3 is 0 Å². The van der Waals surface area contributed by atoms with Crippen LogP contribution in [0, 0.1) is 0 Å². The van der Waals surface area contributed by atoms with Gasteiger partial charge in [0.15, 0.2) is 0 Å². The number of aliphatic imine (C=N–C) groups is 1. The van der Waals surface area contributed by atoms with E-state index in [0.717, 1.165) is 0 Å². The highest BCUT2D eigenvalue weighted by atomic mass is 32.2. The Balaban J connectivity index is 3.62. The summed E-state index contributed by atoms with van der Waals surface area (Å²) in [5.74, 6) is 0. The van der Waals surface area contributed by atoms with E-state index in [0.29, 0.717) is 6.04 Å². The zero-order valence-corrected chi connectivity index (χ0v) is 8.16. The first kappa shape index (κ1) is 10.0. The van der Waals surface area contributed by atoms with Gasteiger partial charge in [-0.15, -0.1) is 11.8 Å². The standard InChI is InChI=1S/C8H17NS/c1-5-6-7(2)9-8(3)10-4/h7H,5-6H2,1-4H3. The largest absolute Gasteiger partial charge is 0.280 e. The van der Waals surface area contributed by atoms with Gasteiger partial charge in [0.25, 0.3) is 0 Å². The third-order valence-corrected chi connectivity index (χ3v) is 2.10. The lowest BCUT2D eigenvalue weighted by atomic mass is 10.2. The van der Waals surface area contributed by atoms with Crippen molar-refractivity contribution in [1.82, 2.24) is 0 Å². The third-order valence-electron chi connectivity index (χ3n) is 1.40. The molecule has 1 atom stereocenters. The minimum absolute atomic E-state index is 0.512. The van der Waals surface area contributed by atoms with Crippen molar-refractivity contribution >= 4 is 16.8 Å². The Kier molecular flexibility index (Phi) is 5.79. The fourth-order valence-corrected chi connectivity index (χ4v) is 1.13. The van der Waals surface area contributed by atoms with Crippen molar-refractivity contribution in [3.63, 3.8) is 0 Å². The molecule has 10 heavy (non-hydrogen) atoms. The maximum absolute atomic E-state index is 4.46. The zero-order chi connectivity index (χ0) is 7.98. The second-order valence-electron chi connectivity index (χ2n) is 2.49. The smallest absolute Gasteiger partial charge is 0.0645 e. The van der Waals surface area contributed by atoms with E-state index in [1.165, 1.54) is 17.9 Å². The van der Waals surface area contributed by atoms with E-state index in [4.69, 9.17) is 0 Å². The van der Waals surface area contributed by atoms with Gasteiger partial charge in [-0.3, -0.25) is 4.99 Å². The van der Waals surface area contributed by atoms with Crippen molar-refractivity contribution in [2.45, 2.75) is 39.7 Å². The molecule has 0 aromatic heterocycles. The van der Waals surface area contributed by atoms with E-state index >= 15 is 0 Å². The van der Waals surface area contributed by atoms with Crippen molar-refractivity contribution in [3.05, 3.63) is 0 Å². The molecule has 0 radical (unpaired) electrons. The lowest BCUT2D eigenvalue weighted by Crippen LogP contribution is -1.99. The minimum Gasteiger partial charge on any atom is -0.280 e. The molecule has 0 saturated carbocycles. The first-order valence-corrected chi connectivity index (χ1v) is 5.01. The van der Waals surface area contributed by atoms with Crippen LogP contribution < -0.4 is 0 Å². The van der Waals surface area contributed by atoms with Crippen molar-refractivity contribution < 1.29 is 0 Å². The maximum atomic E-state index is 4.46. The van der Waals surface area contributed by atoms with Crippen LogP contribution in [0.1, 0.15) is 33.6 Å². The third kappa shape index (κ3) is 4.86. The number of hydrogen-bond donors (Lipinski definition) is 0. The van der Waals surface area contributed by atoms with Gasteiger partial charge in [-0.05, 0) is 26.5 Å². The highest BCUT2D eigenvalue weighted by Gasteiger charge is 1.96. The Morgan fingerprint density at radius 3 is 2.60 bits per heavy atom. The Hall–Kier alpha value is 0.0200. The van der Waals surface area contributed by atoms with Gasteiger partial charge in [0, 0.05) is 6.04 Å². The molecule has 0 heterocycles. The molecule has 0 saturated heterocycles. The minimum atomic E-state index is 0.512. The Labute approximate surface area is 68.3 Å². The Morgan fingerprint density at radius 2 is 2.20 bits per heavy atom. The van der Waals surface area contributed by atoms with Crippen LogP contribution in [0.15, 0.2) is 4.99 Å². The molecule has 0 spiro atoms. The quantitative estimate of drug-likeness (QED) is 0.455. The van der Waals surface area contributed by atoms with Crippen LogP contribution in [0.4, 0.5) is 0 Å². The van der Waals surface area contributed by atoms with Crippen molar-refractivity contribution in [2.24, 2.45) is 4.99 Å². The molecule has 0 fully saturated rings. The van der Waals surface area contributed by atoms with E-state index in [1.54, 1.807) is 11.8 Å². The number of rotatable bonds is 3. The van der Waals surface area contributed by atoms with Gasteiger partial charge < -0.3 is 0 Å². The predicted molar refractivity (Wildman–Crippen MR) is 51.0 cm³/mol. The summed E-state index contributed by atoms with van der Waals surface area (Å²) in [4.78, 5) is 4.46. The van der Waals surface area contributed by atoms with E-state index in [9.17, 15) is 0 Å². The van der Waals surface area contributed by atoms with E-state index < -0.39 is 0 Å². The zero-order valence-electron chi connectivity index (χ0n) is 7.35. The Morgan fingerprint density at radius 1 is 1.60 bits per heavy atom. The van der Waals surface area contributed by atoms with Crippen LogP contribution in [-0.4, -0.2) is 17.3 Å². The average Bonchev–Trinajstić information content (AvgIpc) is 1.88. The summed E-state index contributed by atoms with van der Waals surface area (Å²) in [6.07, 6.45) is 4.50. The molecule has 0 aliphatic carbocycles. The molecule has 0 amide bonds. The fourth-order valence-electron chi connectivity index (χ4n) is 0.845. The fraction of sp³-hybridized carbons (Fsp3) is 0.875. The van der Waals surface area contributed by atoms with E-state index in [1.807, 2.05) is 0 Å². The number of hydrogen-bond acceptors (Lipinski definition) is 2. The van der Waals surface area contributed by atoms with Gasteiger partial charge in [0.2, 0.25) is 0 Å². The molecule has 0 aromatic carbocycles. The topological polar surface area (TPSA) is 12.4 Å². The number of thioether (sulfide) groups is 1. The Bertz CT molecular complexity index is 110. The van der Waals surface area contributed by atoms with E-state index in [2.05, 4.69) is 32.0 Å². The van der Waals surface area contributed by atoms with Crippen LogP contribution in [0.5, 0.6) is 0 Å². The first-order valence-electron chi connectivity index (χ1n) is 3.79. The molecular formula is C8H17NS. The van der Waals surface area contributed by atoms with Crippen molar-refractivity contribution in [2.75, 3.05) is 6.26 Å². The highest BCUT2D eigenvalue weighted by Crippen LogP contribution is 2.04. The predicted octanol–water partition coefficient (Wildman–Crippen LogP) is 2.96. The summed E-state index contributed by atoms with van der Waals surface area (Å²) in [6.45, 7) is 6.43. The molecule has 0 bridgehead atoms. The lowest BCUT2D eigenvalue weighted by molar-refractivity contribution is 0.656. The van der Waals surface area contributed by atoms with Gasteiger partial charge in [-0.25, -0.2) is 0 Å². The van der Waals surface area contributed by atoms with E-state index in [-0.39, 0.29) is 0 Å². The summed E-state index contributed by atoms with van der Waals surface area (Å²) >= 11 is 1.73. The molecule has 2 heteroatoms. The van der Waals surface area contributed by atoms with Crippen molar-refractivity contribution in [1.29, 1.82) is 0 Å². The van der Waals surface area contributed by atoms with Crippen LogP contribution in [0.3, 0.4) is 0 Å². The number of nitrogens with zero attached hydrogens (tertiary/aromatic N) is 1. The SMILES string of the molecule is CCCC(C)N=C(C)SC. The van der Waals surface area contributed by atoms with Crippen LogP contribution in [0.2, 0.25) is 0 Å². The van der Waals surface area contributed by atoms with Crippen LogP contribution in [0.25, 0.3) is 0 Å². The van der Waals surface area contributed by atoms with Gasteiger partial charge in [-0.1, -0.05) is 13.3 Å². The average molecular weight is 159 g/mol. The molecule has 0 aliphatic heterocycles. The molecule has 1 unspecified atom stereocenters. The summed E-state index contributed by atoms with van der Waals surface area (Å²) in [6, 6.07) is 0.512. The van der Waals surface area contributed by atoms with Gasteiger partial charge in [-0.2, -0.15) is 0 Å². The van der Waals surface area contributed by atoms with Crippen molar-refractivity contribution in [3.8, 4) is 0 Å². The summed E-state index contributed by atoms with van der Waals surface area (Å²) in [7, 11) is 0. The molecule has 60 valence electrons. The maximum Gasteiger partial charge on any atom is 0.0645 e. The second kappa shape index (κ2) is 5.78. The second-order valence-corrected chi connectivity index (χ2v) is 3.49. The van der Waals surface area contributed by atoms with Crippen LogP contribution >= 0.6 is 11.8 Å². The van der Waals surface area contributed by atoms with Gasteiger partial charge in [0.1, 0.15) is 0 Å². The highest BCUT2D eigenvalue weighted by molar-refractivity contribution is 8.13. The van der Waals surface area contributed by atoms with Crippen LogP contribution in [-0.2, 0) is 0 Å². The lowest BCUT2D eigenvalue weighted by Gasteiger charge is -2.04. The summed E-state index contributed by atoms with van der Waals surface area (Å²) in [5.41, 5.74) is 0. The molecule has 0 aromatic rings. The molecular weight excluding hydrogens is 142 g/mol. The summed E-state index contributed by atoms with van der Waals surface area (Å²) < 4.78 is 0. The van der Waals surface area contributed by atoms with Gasteiger partial charge in [0.05, 0.1) is 5.04 Å². The molecule has 0 rings (SSSR count). The normalized spacial score (nSPS) is 15.4.